The predicted octanol–water partition coefficient (Wildman–Crippen LogP) is 5.30. The summed E-state index contributed by atoms with van der Waals surface area (Å²) in [5.74, 6) is -0.813. The van der Waals surface area contributed by atoms with E-state index in [0.717, 1.165) is 17.2 Å². The first-order valence-electron chi connectivity index (χ1n) is 9.48. The van der Waals surface area contributed by atoms with Gasteiger partial charge in [0, 0.05) is 21.7 Å². The van der Waals surface area contributed by atoms with Crippen LogP contribution in [0.5, 0.6) is 0 Å². The maximum Gasteiger partial charge on any atom is 0.288 e. The number of nitro groups is 1. The molecule has 0 fully saturated rings. The van der Waals surface area contributed by atoms with Crippen molar-refractivity contribution >= 4 is 64.8 Å². The van der Waals surface area contributed by atoms with Crippen molar-refractivity contribution in [2.24, 2.45) is 15.3 Å². The lowest BCUT2D eigenvalue weighted by Crippen LogP contribution is -2.38. The van der Waals surface area contributed by atoms with E-state index in [0.29, 0.717) is 10.0 Å². The smallest absolute Gasteiger partial charge is 0.288 e. The van der Waals surface area contributed by atoms with Gasteiger partial charge in [0.2, 0.25) is 5.96 Å². The highest BCUT2D eigenvalue weighted by Gasteiger charge is 2.17. The summed E-state index contributed by atoms with van der Waals surface area (Å²) >= 11 is 17.5. The molecule has 2 N–H and O–H groups in total. The van der Waals surface area contributed by atoms with Crippen molar-refractivity contribution < 1.29 is 9.72 Å². The molecule has 9 nitrogen and oxygen atoms in total. The molecule has 1 amide bonds. The van der Waals surface area contributed by atoms with E-state index < -0.39 is 16.5 Å². The predicted molar refractivity (Wildman–Crippen MR) is 134 cm³/mol. The number of benzene rings is 3. The number of nitro benzene ring substituents is 1. The molecule has 172 valence electrons. The van der Waals surface area contributed by atoms with Gasteiger partial charge in [0.05, 0.1) is 17.4 Å². The van der Waals surface area contributed by atoms with E-state index in [1.807, 2.05) is 0 Å². The number of rotatable bonds is 6. The molecule has 0 aliphatic rings. The first kappa shape index (κ1) is 24.8. The van der Waals surface area contributed by atoms with Gasteiger partial charge in [-0.25, -0.2) is 5.43 Å². The number of hydrogen-bond acceptors (Lipinski definition) is 6. The number of carbonyl (C=O) groups excluding carboxylic acids is 1. The third kappa shape index (κ3) is 7.38. The molecule has 3 rings (SSSR count). The summed E-state index contributed by atoms with van der Waals surface area (Å²) in [5.41, 5.74) is 3.64. The summed E-state index contributed by atoms with van der Waals surface area (Å²) in [5, 5.41) is 26.6. The van der Waals surface area contributed by atoms with Crippen molar-refractivity contribution in [1.29, 1.82) is 0 Å². The Kier molecular flexibility index (Phi) is 8.69. The minimum absolute atomic E-state index is 0.00559. The Morgan fingerprint density at radius 2 is 1.47 bits per heavy atom. The zero-order valence-corrected chi connectivity index (χ0v) is 19.4. The maximum absolute atomic E-state index is 12.7. The minimum atomic E-state index is -0.686. The van der Waals surface area contributed by atoms with E-state index >= 15 is 0 Å². The number of nitrogens with one attached hydrogen (secondary N) is 2. The van der Waals surface area contributed by atoms with E-state index in [-0.39, 0.29) is 16.5 Å². The summed E-state index contributed by atoms with van der Waals surface area (Å²) in [6.07, 6.45) is 2.92. The van der Waals surface area contributed by atoms with Gasteiger partial charge in [0.15, 0.2) is 0 Å². The van der Waals surface area contributed by atoms with Crippen LogP contribution in [0.15, 0.2) is 82.0 Å². The highest BCUT2D eigenvalue weighted by molar-refractivity contribution is 6.33. The Labute approximate surface area is 208 Å². The molecule has 0 heterocycles. The molecule has 3 aromatic rings. The molecule has 0 saturated carbocycles. The molecule has 12 heteroatoms. The van der Waals surface area contributed by atoms with Crippen LogP contribution in [-0.4, -0.2) is 29.2 Å². The summed E-state index contributed by atoms with van der Waals surface area (Å²) < 4.78 is 0. The lowest BCUT2D eigenvalue weighted by molar-refractivity contribution is -0.384. The molecule has 0 aromatic heterocycles. The van der Waals surface area contributed by atoms with Gasteiger partial charge in [-0.2, -0.15) is 10.2 Å². The average molecular weight is 518 g/mol. The highest BCUT2D eigenvalue weighted by atomic mass is 35.5. The highest BCUT2D eigenvalue weighted by Crippen LogP contribution is 2.25. The van der Waals surface area contributed by atoms with Crippen LogP contribution in [0.2, 0.25) is 15.1 Å². The van der Waals surface area contributed by atoms with Crippen LogP contribution >= 0.6 is 34.8 Å². The lowest BCUT2D eigenvalue weighted by atomic mass is 10.2. The molecule has 0 saturated heterocycles. The van der Waals surface area contributed by atoms with Gasteiger partial charge in [-0.05, 0) is 47.5 Å². The van der Waals surface area contributed by atoms with Crippen LogP contribution in [0.25, 0.3) is 0 Å². The molecule has 0 aliphatic carbocycles. The minimum Gasteiger partial charge on any atom is -0.290 e. The van der Waals surface area contributed by atoms with E-state index in [1.165, 1.54) is 24.6 Å². The van der Waals surface area contributed by atoms with Crippen LogP contribution in [0.3, 0.4) is 0 Å². The Balaban J connectivity index is 1.80. The number of carbonyl (C=O) groups is 1. The van der Waals surface area contributed by atoms with E-state index in [9.17, 15) is 14.9 Å². The SMILES string of the molecule is O=C(NC(=NN=Cc1ccc(Cl)cc1)NN=Cc1ccc(Cl)cc1)c1ccc(Cl)c([N+](=O)[O-])c1. The second-order valence-corrected chi connectivity index (χ2v) is 7.82. The monoisotopic (exact) mass is 516 g/mol. The fraction of sp³-hybridized carbons (Fsp3) is 0. The summed E-state index contributed by atoms with van der Waals surface area (Å²) in [6, 6.07) is 17.4. The molecule has 0 unspecified atom stereocenters. The van der Waals surface area contributed by atoms with Crippen molar-refractivity contribution in [3.63, 3.8) is 0 Å². The molecule has 0 aliphatic heterocycles. The normalized spacial score (nSPS) is 11.7. The van der Waals surface area contributed by atoms with Gasteiger partial charge in [-0.1, -0.05) is 59.1 Å². The van der Waals surface area contributed by atoms with Crippen molar-refractivity contribution in [2.75, 3.05) is 0 Å². The first-order chi connectivity index (χ1) is 16.3. The molecule has 0 radical (unpaired) electrons. The van der Waals surface area contributed by atoms with Crippen molar-refractivity contribution in [2.45, 2.75) is 0 Å². The largest absolute Gasteiger partial charge is 0.290 e. The van der Waals surface area contributed by atoms with Crippen LogP contribution in [-0.2, 0) is 0 Å². The van der Waals surface area contributed by atoms with Crippen LogP contribution in [0.4, 0.5) is 5.69 Å². The summed E-state index contributed by atoms with van der Waals surface area (Å²) in [6.45, 7) is 0. The zero-order valence-electron chi connectivity index (χ0n) is 17.2. The molecule has 0 bridgehead atoms. The number of nitrogens with zero attached hydrogens (tertiary/aromatic N) is 4. The fourth-order valence-electron chi connectivity index (χ4n) is 2.47. The van der Waals surface area contributed by atoms with E-state index in [1.54, 1.807) is 48.5 Å². The topological polar surface area (TPSA) is 121 Å². The van der Waals surface area contributed by atoms with Gasteiger partial charge in [-0.15, -0.1) is 5.10 Å². The van der Waals surface area contributed by atoms with Gasteiger partial charge >= 0.3 is 0 Å². The number of guanidine groups is 1. The van der Waals surface area contributed by atoms with Gasteiger partial charge in [-0.3, -0.25) is 20.2 Å². The number of amides is 1. The Bertz CT molecular complexity index is 1280. The number of hydrazone groups is 1. The molecular formula is C22H15Cl3N6O3. The Morgan fingerprint density at radius 1 is 0.882 bits per heavy atom. The molecular weight excluding hydrogens is 503 g/mol. The molecule has 34 heavy (non-hydrogen) atoms. The summed E-state index contributed by atoms with van der Waals surface area (Å²) in [7, 11) is 0. The standard InChI is InChI=1S/C22H15Cl3N6O3/c23-17-6-1-14(2-7-17)12-26-29-22(30-27-13-15-3-8-18(24)9-4-15)28-21(32)16-5-10-19(25)20(11-16)31(33)34/h1-13H,(H2,28,29,30,32). The van der Waals surface area contributed by atoms with Crippen LogP contribution in [0.1, 0.15) is 21.5 Å². The van der Waals surface area contributed by atoms with Gasteiger partial charge in [0.1, 0.15) is 5.02 Å². The van der Waals surface area contributed by atoms with Gasteiger partial charge in [0.25, 0.3) is 11.6 Å². The summed E-state index contributed by atoms with van der Waals surface area (Å²) in [4.78, 5) is 23.1. The first-order valence-corrected chi connectivity index (χ1v) is 10.6. The quantitative estimate of drug-likeness (QED) is 0.199. The van der Waals surface area contributed by atoms with Crippen molar-refractivity contribution in [1.82, 2.24) is 10.7 Å². The van der Waals surface area contributed by atoms with E-state index in [2.05, 4.69) is 26.0 Å². The van der Waals surface area contributed by atoms with E-state index in [4.69, 9.17) is 34.8 Å². The fourth-order valence-corrected chi connectivity index (χ4v) is 2.91. The zero-order chi connectivity index (χ0) is 24.5. The van der Waals surface area contributed by atoms with Crippen LogP contribution in [0, 0.1) is 10.1 Å². The third-order valence-corrected chi connectivity index (χ3v) is 4.95. The third-order valence-electron chi connectivity index (χ3n) is 4.13. The van der Waals surface area contributed by atoms with Gasteiger partial charge < -0.3 is 0 Å². The Hall–Kier alpha value is -3.79. The number of halogens is 3. The average Bonchev–Trinajstić information content (AvgIpc) is 2.81. The second kappa shape index (κ2) is 11.9. The number of hydrogen-bond donors (Lipinski definition) is 2. The molecule has 0 atom stereocenters. The molecule has 3 aromatic carbocycles. The Morgan fingerprint density at radius 3 is 2.06 bits per heavy atom. The second-order valence-electron chi connectivity index (χ2n) is 6.54. The lowest BCUT2D eigenvalue weighted by Gasteiger charge is -2.07. The van der Waals surface area contributed by atoms with Crippen molar-refractivity contribution in [3.8, 4) is 0 Å². The van der Waals surface area contributed by atoms with Crippen molar-refractivity contribution in [3.05, 3.63) is 109 Å². The molecule has 0 spiro atoms. The van der Waals surface area contributed by atoms with Crippen LogP contribution < -0.4 is 10.7 Å². The maximum atomic E-state index is 12.7.